The van der Waals surface area contributed by atoms with Gasteiger partial charge in [-0.1, -0.05) is 45.4 Å². The second kappa shape index (κ2) is 9.12. The van der Waals surface area contributed by atoms with E-state index < -0.39 is 16.1 Å². The van der Waals surface area contributed by atoms with Crippen LogP contribution in [0.2, 0.25) is 0 Å². The average Bonchev–Trinajstić information content (AvgIpc) is 3.17. The van der Waals surface area contributed by atoms with Gasteiger partial charge in [0, 0.05) is 45.1 Å². The second-order valence-electron chi connectivity index (χ2n) is 8.34. The molecular weight excluding hydrogens is 474 g/mol. The Labute approximate surface area is 193 Å². The zero-order chi connectivity index (χ0) is 22.0. The lowest BCUT2D eigenvalue weighted by Gasteiger charge is -2.29. The minimum absolute atomic E-state index is 0.238. The molecule has 31 heavy (non-hydrogen) atoms. The van der Waals surface area contributed by atoms with Gasteiger partial charge in [0.15, 0.2) is 5.58 Å². The topological polar surface area (TPSA) is 74.0 Å². The molecule has 2 aromatic carbocycles. The minimum atomic E-state index is -1.27. The van der Waals surface area contributed by atoms with Gasteiger partial charge in [0.2, 0.25) is 0 Å². The van der Waals surface area contributed by atoms with E-state index in [1.807, 2.05) is 75.4 Å². The van der Waals surface area contributed by atoms with Crippen molar-refractivity contribution in [2.24, 2.45) is 0 Å². The van der Waals surface area contributed by atoms with Gasteiger partial charge in [0.05, 0.1) is 6.04 Å². The normalized spacial score (nSPS) is 14.0. The summed E-state index contributed by atoms with van der Waals surface area (Å²) in [6.45, 7) is 5.88. The zero-order valence-corrected chi connectivity index (χ0v) is 20.0. The first-order valence-electron chi connectivity index (χ1n) is 10.0. The van der Waals surface area contributed by atoms with Crippen LogP contribution in [-0.4, -0.2) is 19.4 Å². The highest BCUT2D eigenvalue weighted by Crippen LogP contribution is 2.36. The largest absolute Gasteiger partial charge is 0.598 e. The van der Waals surface area contributed by atoms with Crippen LogP contribution in [0.4, 0.5) is 0 Å². The van der Waals surface area contributed by atoms with Gasteiger partial charge < -0.3 is 9.08 Å². The van der Waals surface area contributed by atoms with E-state index in [9.17, 15) is 4.55 Å². The molecule has 0 radical (unpaired) electrons. The third kappa shape index (κ3) is 5.01. The molecule has 0 aliphatic rings. The van der Waals surface area contributed by atoms with Crippen molar-refractivity contribution in [3.63, 3.8) is 0 Å². The Morgan fingerprint density at radius 2 is 1.87 bits per heavy atom. The predicted molar refractivity (Wildman–Crippen MR) is 129 cm³/mol. The highest BCUT2D eigenvalue weighted by molar-refractivity contribution is 9.10. The molecule has 2 aromatic heterocycles. The van der Waals surface area contributed by atoms with Gasteiger partial charge in [-0.2, -0.15) is 0 Å². The van der Waals surface area contributed by atoms with Crippen LogP contribution in [-0.2, 0) is 17.8 Å². The average molecular weight is 498 g/mol. The lowest BCUT2D eigenvalue weighted by Crippen LogP contribution is -2.42. The van der Waals surface area contributed by atoms with E-state index >= 15 is 0 Å². The summed E-state index contributed by atoms with van der Waals surface area (Å²) >= 11 is 2.34. The molecule has 2 atom stereocenters. The van der Waals surface area contributed by atoms with Crippen molar-refractivity contribution in [1.82, 2.24) is 14.9 Å². The van der Waals surface area contributed by atoms with Crippen LogP contribution in [0.3, 0.4) is 0 Å². The van der Waals surface area contributed by atoms with E-state index in [-0.39, 0.29) is 6.04 Å². The molecule has 0 saturated heterocycles. The summed E-state index contributed by atoms with van der Waals surface area (Å²) in [6, 6.07) is 19.5. The van der Waals surface area contributed by atoms with E-state index in [0.29, 0.717) is 6.42 Å². The molecule has 0 spiro atoms. The van der Waals surface area contributed by atoms with Crippen LogP contribution in [0, 0.1) is 0 Å². The number of pyridine rings is 1. The standard InChI is InChI=1S/C24H24BrN3O2S/c1-24(2,3)31(29)28-21(15-17-8-6-7-13-26-17)20-14-16(25)11-12-18(20)23-19-9-4-5-10-22(19)30-27-23/h4-14,21,28H,15H2,1-3H3/t21-,31?/m0/s1. The molecule has 5 nitrogen and oxygen atoms in total. The molecule has 1 N–H and O–H groups in total. The van der Waals surface area contributed by atoms with Crippen LogP contribution in [0.5, 0.6) is 0 Å². The Kier molecular flexibility index (Phi) is 6.48. The summed E-state index contributed by atoms with van der Waals surface area (Å²) in [5.41, 5.74) is 4.34. The number of fused-ring (bicyclic) bond motifs is 1. The first-order valence-corrected chi connectivity index (χ1v) is 12.0. The Morgan fingerprint density at radius 3 is 2.61 bits per heavy atom. The molecule has 4 aromatic rings. The first-order chi connectivity index (χ1) is 14.8. The number of benzene rings is 2. The summed E-state index contributed by atoms with van der Waals surface area (Å²) in [7, 11) is 0. The molecule has 4 rings (SSSR count). The smallest absolute Gasteiger partial charge is 0.167 e. The molecule has 0 bridgehead atoms. The predicted octanol–water partition coefficient (Wildman–Crippen LogP) is 5.99. The van der Waals surface area contributed by atoms with Crippen LogP contribution in [0.25, 0.3) is 22.2 Å². The van der Waals surface area contributed by atoms with Gasteiger partial charge in [-0.25, -0.2) is 0 Å². The van der Waals surface area contributed by atoms with Gasteiger partial charge in [-0.3, -0.25) is 4.98 Å². The van der Waals surface area contributed by atoms with Crippen molar-refractivity contribution in [2.75, 3.05) is 0 Å². The van der Waals surface area contributed by atoms with Gasteiger partial charge >= 0.3 is 0 Å². The number of hydrogen-bond acceptors (Lipinski definition) is 5. The fourth-order valence-corrected chi connectivity index (χ4v) is 4.57. The zero-order valence-electron chi connectivity index (χ0n) is 17.6. The van der Waals surface area contributed by atoms with Gasteiger partial charge in [0.1, 0.15) is 10.4 Å². The maximum Gasteiger partial charge on any atom is 0.167 e. The molecule has 160 valence electrons. The molecular formula is C24H24BrN3O2S. The lowest BCUT2D eigenvalue weighted by atomic mass is 9.94. The third-order valence-electron chi connectivity index (χ3n) is 4.97. The van der Waals surface area contributed by atoms with E-state index in [2.05, 4.69) is 36.9 Å². The number of rotatable bonds is 6. The second-order valence-corrected chi connectivity index (χ2v) is 11.2. The third-order valence-corrected chi connectivity index (χ3v) is 7.07. The Hall–Kier alpha value is -2.19. The highest BCUT2D eigenvalue weighted by atomic mass is 79.9. The molecule has 7 heteroatoms. The quantitative estimate of drug-likeness (QED) is 0.331. The van der Waals surface area contributed by atoms with Crippen molar-refractivity contribution < 1.29 is 9.08 Å². The summed E-state index contributed by atoms with van der Waals surface area (Å²) < 4.78 is 22.5. The van der Waals surface area contributed by atoms with Crippen molar-refractivity contribution >= 4 is 38.3 Å². The number of nitrogens with one attached hydrogen (secondary N) is 1. The number of halogens is 1. The van der Waals surface area contributed by atoms with Gasteiger partial charge in [-0.15, -0.1) is 4.72 Å². The van der Waals surface area contributed by atoms with Crippen molar-refractivity contribution in [3.8, 4) is 11.3 Å². The van der Waals surface area contributed by atoms with Crippen molar-refractivity contribution in [3.05, 3.63) is 82.6 Å². The van der Waals surface area contributed by atoms with E-state index in [0.717, 1.165) is 38.0 Å². The summed E-state index contributed by atoms with van der Waals surface area (Å²) in [5, 5.41) is 5.31. The van der Waals surface area contributed by atoms with Crippen LogP contribution in [0.15, 0.2) is 75.9 Å². The van der Waals surface area contributed by atoms with Crippen LogP contribution in [0.1, 0.15) is 38.1 Å². The number of para-hydroxylation sites is 1. The molecule has 0 aliphatic heterocycles. The number of aromatic nitrogens is 2. The molecule has 0 aliphatic carbocycles. The molecule has 0 amide bonds. The van der Waals surface area contributed by atoms with Gasteiger partial charge in [0.25, 0.3) is 0 Å². The van der Waals surface area contributed by atoms with E-state index in [1.54, 1.807) is 6.20 Å². The summed E-state index contributed by atoms with van der Waals surface area (Å²) in [6.07, 6.45) is 2.36. The lowest BCUT2D eigenvalue weighted by molar-refractivity contribution is 0.459. The van der Waals surface area contributed by atoms with E-state index in [1.165, 1.54) is 0 Å². The fourth-order valence-electron chi connectivity index (χ4n) is 3.37. The number of nitrogens with zero attached hydrogens (tertiary/aromatic N) is 2. The van der Waals surface area contributed by atoms with Crippen molar-refractivity contribution in [1.29, 1.82) is 0 Å². The fraction of sp³-hybridized carbons (Fsp3) is 0.250. The van der Waals surface area contributed by atoms with Crippen molar-refractivity contribution in [2.45, 2.75) is 38.0 Å². The molecule has 0 fully saturated rings. The Balaban J connectivity index is 1.83. The van der Waals surface area contributed by atoms with Crippen LogP contribution >= 0.6 is 15.9 Å². The first kappa shape index (κ1) is 22.0. The molecule has 0 saturated carbocycles. The SMILES string of the molecule is CC(C)(C)[S+]([O-])N[C@@H](Cc1ccccn1)c1cc(Br)ccc1-c1noc2ccccc12. The maximum absolute atomic E-state index is 13.1. The van der Waals surface area contributed by atoms with Gasteiger partial charge in [-0.05, 0) is 62.7 Å². The Bertz CT molecular complexity index is 1170. The minimum Gasteiger partial charge on any atom is -0.598 e. The summed E-state index contributed by atoms with van der Waals surface area (Å²) in [4.78, 5) is 4.49. The monoisotopic (exact) mass is 497 g/mol. The highest BCUT2D eigenvalue weighted by Gasteiger charge is 2.31. The Morgan fingerprint density at radius 1 is 1.10 bits per heavy atom. The molecule has 1 unspecified atom stereocenters. The van der Waals surface area contributed by atoms with Crippen LogP contribution < -0.4 is 4.72 Å². The number of hydrogen-bond donors (Lipinski definition) is 1. The molecule has 2 heterocycles. The van der Waals surface area contributed by atoms with E-state index in [4.69, 9.17) is 4.52 Å². The summed E-state index contributed by atoms with van der Waals surface area (Å²) in [5.74, 6) is 0. The maximum atomic E-state index is 13.1.